The number of ether oxygens (including phenoxy) is 1. The first-order valence-electron chi connectivity index (χ1n) is 8.58. The summed E-state index contributed by atoms with van der Waals surface area (Å²) in [4.78, 5) is 4.32. The fourth-order valence-corrected chi connectivity index (χ4v) is 6.61. The number of thioether (sulfide) groups is 1. The topological polar surface area (TPSA) is 24.5 Å². The SMILES string of the molecule is c1cc2c(s1)CCC[C@H]2NC[C@]1(N2CCOCC2)CCSC1. The van der Waals surface area contributed by atoms with Gasteiger partial charge in [-0.3, -0.25) is 4.90 Å². The summed E-state index contributed by atoms with van der Waals surface area (Å²) in [6.45, 7) is 5.17. The lowest BCUT2D eigenvalue weighted by atomic mass is 9.91. The third-order valence-electron chi connectivity index (χ3n) is 5.49. The first kappa shape index (κ1) is 15.5. The van der Waals surface area contributed by atoms with Crippen LogP contribution in [0.4, 0.5) is 0 Å². The Bertz CT molecular complexity index is 493. The standard InChI is InChI=1S/C17H26N2OS2/c1-2-15(14-4-10-22-16(14)3-1)18-12-17(5-11-21-13-17)19-6-8-20-9-7-19/h4,10,15,18H,1-3,5-9,11-13H2/t15-,17-/m1/s1. The molecular formula is C17H26N2OS2. The first-order chi connectivity index (χ1) is 10.9. The zero-order valence-corrected chi connectivity index (χ0v) is 14.8. The van der Waals surface area contributed by atoms with Crippen LogP contribution < -0.4 is 5.32 Å². The molecule has 0 aromatic carbocycles. The number of fused-ring (bicyclic) bond motifs is 1. The number of nitrogens with zero attached hydrogens (tertiary/aromatic N) is 1. The van der Waals surface area contributed by atoms with Crippen LogP contribution in [0.3, 0.4) is 0 Å². The molecular weight excluding hydrogens is 312 g/mol. The van der Waals surface area contributed by atoms with Crippen LogP contribution in [0, 0.1) is 0 Å². The molecule has 1 aliphatic carbocycles. The lowest BCUT2D eigenvalue weighted by Gasteiger charge is -2.44. The van der Waals surface area contributed by atoms with E-state index in [1.807, 2.05) is 11.3 Å². The van der Waals surface area contributed by atoms with Gasteiger partial charge in [-0.05, 0) is 48.4 Å². The Morgan fingerprint density at radius 3 is 3.09 bits per heavy atom. The van der Waals surface area contributed by atoms with Gasteiger partial charge in [0, 0.05) is 41.8 Å². The molecule has 0 amide bonds. The summed E-state index contributed by atoms with van der Waals surface area (Å²) in [5, 5.41) is 6.23. The van der Waals surface area contributed by atoms with E-state index >= 15 is 0 Å². The van der Waals surface area contributed by atoms with E-state index in [9.17, 15) is 0 Å². The number of rotatable bonds is 4. The molecule has 1 aromatic heterocycles. The molecule has 122 valence electrons. The molecule has 0 saturated carbocycles. The molecule has 4 rings (SSSR count). The monoisotopic (exact) mass is 338 g/mol. The largest absolute Gasteiger partial charge is 0.379 e. The molecule has 2 aliphatic heterocycles. The van der Waals surface area contributed by atoms with Crippen LogP contribution in [-0.4, -0.2) is 54.8 Å². The van der Waals surface area contributed by atoms with Crippen molar-refractivity contribution >= 4 is 23.1 Å². The minimum absolute atomic E-state index is 0.363. The van der Waals surface area contributed by atoms with Gasteiger partial charge in [-0.2, -0.15) is 11.8 Å². The highest BCUT2D eigenvalue weighted by Crippen LogP contribution is 2.37. The highest BCUT2D eigenvalue weighted by atomic mass is 32.2. The lowest BCUT2D eigenvalue weighted by molar-refractivity contribution is -0.0142. The molecule has 1 aromatic rings. The molecule has 22 heavy (non-hydrogen) atoms. The molecule has 0 radical (unpaired) electrons. The van der Waals surface area contributed by atoms with Crippen molar-refractivity contribution in [2.45, 2.75) is 37.3 Å². The van der Waals surface area contributed by atoms with Gasteiger partial charge in [0.05, 0.1) is 13.2 Å². The van der Waals surface area contributed by atoms with Crippen LogP contribution in [0.1, 0.15) is 35.7 Å². The smallest absolute Gasteiger partial charge is 0.0594 e. The second-order valence-corrected chi connectivity index (χ2v) is 8.86. The Morgan fingerprint density at radius 2 is 2.27 bits per heavy atom. The number of aryl methyl sites for hydroxylation is 1. The summed E-state index contributed by atoms with van der Waals surface area (Å²) in [5.41, 5.74) is 1.95. The Labute approximate surface area is 141 Å². The molecule has 3 nitrogen and oxygen atoms in total. The summed E-state index contributed by atoms with van der Waals surface area (Å²) < 4.78 is 5.57. The van der Waals surface area contributed by atoms with E-state index in [0.29, 0.717) is 11.6 Å². The lowest BCUT2D eigenvalue weighted by Crippen LogP contribution is -2.58. The molecule has 1 N–H and O–H groups in total. The molecule has 2 saturated heterocycles. The minimum Gasteiger partial charge on any atom is -0.379 e. The molecule has 0 bridgehead atoms. The van der Waals surface area contributed by atoms with Gasteiger partial charge < -0.3 is 10.1 Å². The summed E-state index contributed by atoms with van der Waals surface area (Å²) in [6, 6.07) is 2.93. The zero-order chi connectivity index (χ0) is 14.8. The van der Waals surface area contributed by atoms with E-state index in [-0.39, 0.29) is 0 Å². The maximum absolute atomic E-state index is 5.57. The van der Waals surface area contributed by atoms with Gasteiger partial charge in [-0.15, -0.1) is 11.3 Å². The highest BCUT2D eigenvalue weighted by Gasteiger charge is 2.41. The van der Waals surface area contributed by atoms with Crippen molar-refractivity contribution in [3.8, 4) is 0 Å². The molecule has 0 spiro atoms. The van der Waals surface area contributed by atoms with Crippen LogP contribution in [0.5, 0.6) is 0 Å². The third kappa shape index (κ3) is 2.98. The highest BCUT2D eigenvalue weighted by molar-refractivity contribution is 7.99. The van der Waals surface area contributed by atoms with Gasteiger partial charge in [-0.1, -0.05) is 0 Å². The molecule has 3 heterocycles. The van der Waals surface area contributed by atoms with Gasteiger partial charge in [0.15, 0.2) is 0 Å². The number of thiophene rings is 1. The van der Waals surface area contributed by atoms with Crippen molar-refractivity contribution in [3.63, 3.8) is 0 Å². The van der Waals surface area contributed by atoms with Crippen LogP contribution >= 0.6 is 23.1 Å². The fraction of sp³-hybridized carbons (Fsp3) is 0.765. The number of hydrogen-bond donors (Lipinski definition) is 1. The summed E-state index contributed by atoms with van der Waals surface area (Å²) >= 11 is 4.07. The number of nitrogens with one attached hydrogen (secondary N) is 1. The fourth-order valence-electron chi connectivity index (χ4n) is 4.15. The quantitative estimate of drug-likeness (QED) is 0.912. The molecule has 5 heteroatoms. The maximum Gasteiger partial charge on any atom is 0.0594 e. The molecule has 2 atom stereocenters. The zero-order valence-electron chi connectivity index (χ0n) is 13.2. The van der Waals surface area contributed by atoms with Gasteiger partial charge in [0.25, 0.3) is 0 Å². The van der Waals surface area contributed by atoms with Crippen molar-refractivity contribution < 1.29 is 4.74 Å². The van der Waals surface area contributed by atoms with E-state index in [1.165, 1.54) is 37.2 Å². The van der Waals surface area contributed by atoms with Crippen molar-refractivity contribution in [3.05, 3.63) is 21.9 Å². The van der Waals surface area contributed by atoms with Crippen molar-refractivity contribution in [1.29, 1.82) is 0 Å². The van der Waals surface area contributed by atoms with Gasteiger partial charge in [0.2, 0.25) is 0 Å². The third-order valence-corrected chi connectivity index (χ3v) is 7.72. The Balaban J connectivity index is 1.45. The number of hydrogen-bond acceptors (Lipinski definition) is 5. The summed E-state index contributed by atoms with van der Waals surface area (Å²) in [6.07, 6.45) is 5.25. The van der Waals surface area contributed by atoms with E-state index in [1.54, 1.807) is 10.4 Å². The molecule has 2 fully saturated rings. The normalized spacial score (nSPS) is 33.0. The predicted molar refractivity (Wildman–Crippen MR) is 95.1 cm³/mol. The first-order valence-corrected chi connectivity index (χ1v) is 10.6. The Kier molecular flexibility index (Phi) is 4.79. The predicted octanol–water partition coefficient (Wildman–Crippen LogP) is 2.92. The summed E-state index contributed by atoms with van der Waals surface area (Å²) in [7, 11) is 0. The van der Waals surface area contributed by atoms with E-state index in [2.05, 4.69) is 33.4 Å². The van der Waals surface area contributed by atoms with Gasteiger partial charge >= 0.3 is 0 Å². The van der Waals surface area contributed by atoms with E-state index in [4.69, 9.17) is 4.74 Å². The van der Waals surface area contributed by atoms with Crippen LogP contribution in [0.2, 0.25) is 0 Å². The van der Waals surface area contributed by atoms with E-state index in [0.717, 1.165) is 32.8 Å². The van der Waals surface area contributed by atoms with Crippen molar-refractivity contribution in [2.75, 3.05) is 44.4 Å². The Morgan fingerprint density at radius 1 is 1.36 bits per heavy atom. The molecule has 3 aliphatic rings. The van der Waals surface area contributed by atoms with E-state index < -0.39 is 0 Å². The van der Waals surface area contributed by atoms with Crippen LogP contribution in [0.15, 0.2) is 11.4 Å². The Hall–Kier alpha value is -0.0700. The second-order valence-electron chi connectivity index (χ2n) is 6.75. The van der Waals surface area contributed by atoms with Gasteiger partial charge in [-0.25, -0.2) is 0 Å². The maximum atomic E-state index is 5.57. The van der Waals surface area contributed by atoms with Crippen LogP contribution in [0.25, 0.3) is 0 Å². The van der Waals surface area contributed by atoms with Crippen molar-refractivity contribution in [1.82, 2.24) is 10.2 Å². The average Bonchev–Trinajstić information content (AvgIpc) is 3.24. The van der Waals surface area contributed by atoms with Crippen molar-refractivity contribution in [2.24, 2.45) is 0 Å². The van der Waals surface area contributed by atoms with Crippen LogP contribution in [-0.2, 0) is 11.2 Å². The minimum atomic E-state index is 0.363. The average molecular weight is 339 g/mol. The number of morpholine rings is 1. The van der Waals surface area contributed by atoms with Gasteiger partial charge in [0.1, 0.15) is 0 Å². The second kappa shape index (κ2) is 6.81. The summed E-state index contributed by atoms with van der Waals surface area (Å²) in [5.74, 6) is 2.59. The molecule has 0 unspecified atom stereocenters.